The second kappa shape index (κ2) is 8.21. The Hall–Kier alpha value is -0.120. The molecule has 3 nitrogen and oxygen atoms in total. The molecular weight excluding hydrogens is 174 g/mol. The maximum absolute atomic E-state index is 3.31. The molecule has 1 fully saturated rings. The lowest BCUT2D eigenvalue weighted by Gasteiger charge is -2.27. The molecule has 1 rings (SSSR count). The molecular formula is C11H25N3. The van der Waals surface area contributed by atoms with Gasteiger partial charge in [-0.05, 0) is 6.42 Å². The van der Waals surface area contributed by atoms with E-state index in [2.05, 4.69) is 22.5 Å². The van der Waals surface area contributed by atoms with E-state index in [1.54, 1.807) is 0 Å². The van der Waals surface area contributed by atoms with Crippen LogP contribution >= 0.6 is 0 Å². The first-order valence-electron chi connectivity index (χ1n) is 6.07. The first-order chi connectivity index (χ1) is 6.93. The highest BCUT2D eigenvalue weighted by molar-refractivity contribution is 4.60. The van der Waals surface area contributed by atoms with Gasteiger partial charge in [0.2, 0.25) is 0 Å². The summed E-state index contributed by atoms with van der Waals surface area (Å²) in [6, 6.07) is 0. The van der Waals surface area contributed by atoms with Gasteiger partial charge in [-0.3, -0.25) is 15.5 Å². The fourth-order valence-corrected chi connectivity index (χ4v) is 1.85. The number of hydrogen-bond acceptors (Lipinski definition) is 3. The molecule has 0 aromatic heterocycles. The fourth-order valence-electron chi connectivity index (χ4n) is 1.85. The molecule has 0 aromatic carbocycles. The van der Waals surface area contributed by atoms with E-state index in [-0.39, 0.29) is 0 Å². The van der Waals surface area contributed by atoms with Crippen LogP contribution in [0.5, 0.6) is 0 Å². The number of hydrogen-bond donors (Lipinski definition) is 2. The van der Waals surface area contributed by atoms with Crippen molar-refractivity contribution in [3.8, 4) is 0 Å². The molecule has 0 saturated carbocycles. The van der Waals surface area contributed by atoms with Gasteiger partial charge in [-0.1, -0.05) is 39.0 Å². The van der Waals surface area contributed by atoms with E-state index in [1.807, 2.05) is 0 Å². The predicted molar refractivity (Wildman–Crippen MR) is 61.0 cm³/mol. The first-order valence-corrected chi connectivity index (χ1v) is 6.07. The van der Waals surface area contributed by atoms with Gasteiger partial charge in [0.1, 0.15) is 0 Å². The Bertz CT molecular complexity index is 122. The molecule has 3 heteroatoms. The van der Waals surface area contributed by atoms with Gasteiger partial charge < -0.3 is 0 Å². The highest BCUT2D eigenvalue weighted by atomic mass is 15.4. The molecule has 1 saturated heterocycles. The average Bonchev–Trinajstić information content (AvgIpc) is 2.25. The van der Waals surface area contributed by atoms with Crippen LogP contribution < -0.4 is 10.6 Å². The third-order valence-corrected chi connectivity index (χ3v) is 2.75. The zero-order valence-corrected chi connectivity index (χ0v) is 9.52. The van der Waals surface area contributed by atoms with Crippen molar-refractivity contribution >= 4 is 0 Å². The smallest absolute Gasteiger partial charge is 0.0502 e. The Morgan fingerprint density at radius 1 is 0.929 bits per heavy atom. The van der Waals surface area contributed by atoms with Crippen molar-refractivity contribution < 1.29 is 0 Å². The molecule has 1 aliphatic heterocycles. The largest absolute Gasteiger partial charge is 0.292 e. The van der Waals surface area contributed by atoms with Crippen molar-refractivity contribution in [3.05, 3.63) is 0 Å². The van der Waals surface area contributed by atoms with Crippen molar-refractivity contribution in [3.63, 3.8) is 0 Å². The minimum Gasteiger partial charge on any atom is -0.292 e. The summed E-state index contributed by atoms with van der Waals surface area (Å²) in [5, 5.41) is 6.62. The van der Waals surface area contributed by atoms with E-state index in [4.69, 9.17) is 0 Å². The molecule has 0 amide bonds. The maximum atomic E-state index is 3.31. The summed E-state index contributed by atoms with van der Waals surface area (Å²) in [7, 11) is 0. The normalized spacial score (nSPS) is 18.6. The Kier molecular flexibility index (Phi) is 7.01. The molecule has 0 spiro atoms. The minimum atomic E-state index is 0.965. The highest BCUT2D eigenvalue weighted by Crippen LogP contribution is 2.05. The van der Waals surface area contributed by atoms with E-state index in [0.717, 1.165) is 20.0 Å². The molecule has 0 bridgehead atoms. The zero-order valence-electron chi connectivity index (χ0n) is 9.52. The van der Waals surface area contributed by atoms with Gasteiger partial charge >= 0.3 is 0 Å². The van der Waals surface area contributed by atoms with Crippen molar-refractivity contribution in [1.29, 1.82) is 0 Å². The molecule has 2 N–H and O–H groups in total. The van der Waals surface area contributed by atoms with Crippen LogP contribution in [0.15, 0.2) is 0 Å². The number of rotatable bonds is 7. The number of nitrogens with zero attached hydrogens (tertiary/aromatic N) is 1. The summed E-state index contributed by atoms with van der Waals surface area (Å²) >= 11 is 0. The van der Waals surface area contributed by atoms with E-state index >= 15 is 0 Å². The van der Waals surface area contributed by atoms with Gasteiger partial charge in [0.05, 0.1) is 13.3 Å². The van der Waals surface area contributed by atoms with Gasteiger partial charge in [-0.15, -0.1) is 0 Å². The molecule has 14 heavy (non-hydrogen) atoms. The number of nitrogens with one attached hydrogen (secondary N) is 2. The first kappa shape index (κ1) is 12.0. The third kappa shape index (κ3) is 5.58. The van der Waals surface area contributed by atoms with Crippen LogP contribution in [0.1, 0.15) is 45.4 Å². The van der Waals surface area contributed by atoms with Crippen molar-refractivity contribution in [1.82, 2.24) is 15.5 Å². The quantitative estimate of drug-likeness (QED) is 0.611. The SMILES string of the molecule is CCCCCCCCN1CNCNC1. The molecule has 0 aromatic rings. The molecule has 84 valence electrons. The monoisotopic (exact) mass is 199 g/mol. The Balaban J connectivity index is 1.82. The lowest BCUT2D eigenvalue weighted by atomic mass is 10.1. The second-order valence-corrected chi connectivity index (χ2v) is 4.16. The predicted octanol–water partition coefficient (Wildman–Crippen LogP) is 1.71. The van der Waals surface area contributed by atoms with E-state index < -0.39 is 0 Å². The maximum Gasteiger partial charge on any atom is 0.0502 e. The van der Waals surface area contributed by atoms with Crippen LogP contribution in [-0.2, 0) is 0 Å². The Labute approximate surface area is 88.2 Å². The van der Waals surface area contributed by atoms with E-state index in [9.17, 15) is 0 Å². The Morgan fingerprint density at radius 2 is 1.57 bits per heavy atom. The van der Waals surface area contributed by atoms with Crippen molar-refractivity contribution in [2.75, 3.05) is 26.6 Å². The van der Waals surface area contributed by atoms with E-state index in [0.29, 0.717) is 0 Å². The summed E-state index contributed by atoms with van der Waals surface area (Å²) in [6.45, 7) is 6.59. The summed E-state index contributed by atoms with van der Waals surface area (Å²) in [5.74, 6) is 0. The van der Waals surface area contributed by atoms with Gasteiger partial charge in [0, 0.05) is 13.2 Å². The zero-order chi connectivity index (χ0) is 10.1. The van der Waals surface area contributed by atoms with Crippen molar-refractivity contribution in [2.24, 2.45) is 0 Å². The van der Waals surface area contributed by atoms with Gasteiger partial charge in [0.15, 0.2) is 0 Å². The van der Waals surface area contributed by atoms with Crippen LogP contribution in [0.3, 0.4) is 0 Å². The average molecular weight is 199 g/mol. The second-order valence-electron chi connectivity index (χ2n) is 4.16. The molecule has 1 heterocycles. The molecule has 1 aliphatic rings. The molecule has 0 radical (unpaired) electrons. The highest BCUT2D eigenvalue weighted by Gasteiger charge is 2.06. The van der Waals surface area contributed by atoms with Crippen LogP contribution in [0.2, 0.25) is 0 Å². The molecule has 0 unspecified atom stereocenters. The summed E-state index contributed by atoms with van der Waals surface area (Å²) in [6.07, 6.45) is 8.35. The topological polar surface area (TPSA) is 27.3 Å². The van der Waals surface area contributed by atoms with E-state index in [1.165, 1.54) is 45.1 Å². The molecule has 0 atom stereocenters. The van der Waals surface area contributed by atoms with Gasteiger partial charge in [0.25, 0.3) is 0 Å². The fraction of sp³-hybridized carbons (Fsp3) is 1.00. The molecule has 0 aliphatic carbocycles. The standard InChI is InChI=1S/C11H25N3/c1-2-3-4-5-6-7-8-14-10-12-9-13-11-14/h12-13H,2-11H2,1H3. The van der Waals surface area contributed by atoms with Gasteiger partial charge in [-0.2, -0.15) is 0 Å². The van der Waals surface area contributed by atoms with Crippen LogP contribution in [-0.4, -0.2) is 31.5 Å². The third-order valence-electron chi connectivity index (χ3n) is 2.75. The lowest BCUT2D eigenvalue weighted by molar-refractivity contribution is 0.188. The Morgan fingerprint density at radius 3 is 2.29 bits per heavy atom. The summed E-state index contributed by atoms with van der Waals surface area (Å²) in [5.41, 5.74) is 0. The van der Waals surface area contributed by atoms with Crippen LogP contribution in [0.25, 0.3) is 0 Å². The number of unbranched alkanes of at least 4 members (excludes halogenated alkanes) is 5. The van der Waals surface area contributed by atoms with Crippen molar-refractivity contribution in [2.45, 2.75) is 45.4 Å². The summed E-state index contributed by atoms with van der Waals surface area (Å²) in [4.78, 5) is 2.43. The minimum absolute atomic E-state index is 0.965. The lowest BCUT2D eigenvalue weighted by Crippen LogP contribution is -2.50. The van der Waals surface area contributed by atoms with Crippen LogP contribution in [0.4, 0.5) is 0 Å². The summed E-state index contributed by atoms with van der Waals surface area (Å²) < 4.78 is 0. The van der Waals surface area contributed by atoms with Gasteiger partial charge in [-0.25, -0.2) is 0 Å². The van der Waals surface area contributed by atoms with Crippen LogP contribution in [0, 0.1) is 0 Å².